The Morgan fingerprint density at radius 1 is 1.47 bits per heavy atom. The summed E-state index contributed by atoms with van der Waals surface area (Å²) in [7, 11) is 0. The maximum Gasteiger partial charge on any atom is 0.390 e. The summed E-state index contributed by atoms with van der Waals surface area (Å²) in [4.78, 5) is 3.90. The molecule has 5 heteroatoms. The fourth-order valence-electron chi connectivity index (χ4n) is 1.18. The van der Waals surface area contributed by atoms with Crippen LogP contribution in [0.4, 0.5) is 13.2 Å². The average Bonchev–Trinajstić information content (AvgIpc) is 2.17. The van der Waals surface area contributed by atoms with Crippen LogP contribution in [0.2, 0.25) is 0 Å². The van der Waals surface area contributed by atoms with Gasteiger partial charge < -0.3 is 5.32 Å². The molecule has 0 amide bonds. The number of aromatic nitrogens is 1. The third-order valence-corrected chi connectivity index (χ3v) is 2.04. The normalized spacial score (nSPS) is 13.9. The summed E-state index contributed by atoms with van der Waals surface area (Å²) in [6.07, 6.45) is -1.63. The van der Waals surface area contributed by atoms with E-state index in [1.54, 1.807) is 18.5 Å². The molecule has 0 saturated carbocycles. The van der Waals surface area contributed by atoms with Crippen LogP contribution in [0.1, 0.15) is 24.9 Å². The Balaban J connectivity index is 2.34. The van der Waals surface area contributed by atoms with Gasteiger partial charge in [0.1, 0.15) is 0 Å². The molecule has 1 aromatic heterocycles. The van der Waals surface area contributed by atoms with Crippen molar-refractivity contribution >= 4 is 0 Å². The van der Waals surface area contributed by atoms with Gasteiger partial charge in [0.2, 0.25) is 0 Å². The molecule has 1 rings (SSSR count). The highest BCUT2D eigenvalue weighted by atomic mass is 19.4. The smallest absolute Gasteiger partial charge is 0.310 e. The molecule has 1 atom stereocenters. The van der Waals surface area contributed by atoms with E-state index in [4.69, 9.17) is 0 Å². The van der Waals surface area contributed by atoms with Gasteiger partial charge in [-0.25, -0.2) is 0 Å². The second-order valence-corrected chi connectivity index (χ2v) is 3.33. The summed E-state index contributed by atoms with van der Waals surface area (Å²) >= 11 is 0. The van der Waals surface area contributed by atoms with Gasteiger partial charge in [0.25, 0.3) is 0 Å². The molecule has 1 N–H and O–H groups in total. The Morgan fingerprint density at radius 2 is 2.20 bits per heavy atom. The van der Waals surface area contributed by atoms with Crippen molar-refractivity contribution in [3.63, 3.8) is 0 Å². The zero-order valence-corrected chi connectivity index (χ0v) is 8.38. The molecule has 15 heavy (non-hydrogen) atoms. The highest BCUT2D eigenvalue weighted by Gasteiger charge is 2.26. The van der Waals surface area contributed by atoms with E-state index in [-0.39, 0.29) is 12.6 Å². The van der Waals surface area contributed by atoms with Crippen LogP contribution in [0.3, 0.4) is 0 Å². The minimum absolute atomic E-state index is 0.0699. The summed E-state index contributed by atoms with van der Waals surface area (Å²) < 4.78 is 35.6. The number of rotatable bonds is 4. The first-order chi connectivity index (χ1) is 6.99. The average molecular weight is 218 g/mol. The van der Waals surface area contributed by atoms with Crippen molar-refractivity contribution in [1.29, 1.82) is 0 Å². The number of hydrogen-bond donors (Lipinski definition) is 1. The fourth-order valence-corrected chi connectivity index (χ4v) is 1.18. The molecule has 1 unspecified atom stereocenters. The van der Waals surface area contributed by atoms with Crippen LogP contribution in [0.5, 0.6) is 0 Å². The summed E-state index contributed by atoms with van der Waals surface area (Å²) in [5.41, 5.74) is 0.889. The van der Waals surface area contributed by atoms with Gasteiger partial charge in [-0.1, -0.05) is 6.07 Å². The Labute approximate surface area is 86.5 Å². The molecule has 0 spiro atoms. The molecule has 1 aromatic rings. The zero-order valence-electron chi connectivity index (χ0n) is 8.38. The van der Waals surface area contributed by atoms with E-state index in [1.807, 2.05) is 13.0 Å². The minimum Gasteiger partial charge on any atom is -0.310 e. The molecule has 0 bridgehead atoms. The highest BCUT2D eigenvalue weighted by Crippen LogP contribution is 2.19. The monoisotopic (exact) mass is 218 g/mol. The Morgan fingerprint density at radius 3 is 2.73 bits per heavy atom. The highest BCUT2D eigenvalue weighted by molar-refractivity contribution is 5.12. The molecule has 0 saturated heterocycles. The lowest BCUT2D eigenvalue weighted by Gasteiger charge is -2.14. The van der Waals surface area contributed by atoms with Crippen molar-refractivity contribution in [3.05, 3.63) is 30.1 Å². The second-order valence-electron chi connectivity index (χ2n) is 3.33. The Kier molecular flexibility index (Phi) is 4.08. The molecule has 84 valence electrons. The van der Waals surface area contributed by atoms with E-state index in [0.29, 0.717) is 0 Å². The van der Waals surface area contributed by atoms with Crippen molar-refractivity contribution in [3.8, 4) is 0 Å². The van der Waals surface area contributed by atoms with Crippen molar-refractivity contribution in [1.82, 2.24) is 10.3 Å². The van der Waals surface area contributed by atoms with E-state index >= 15 is 0 Å². The first-order valence-corrected chi connectivity index (χ1v) is 4.69. The fraction of sp³-hybridized carbons (Fsp3) is 0.500. The lowest BCUT2D eigenvalue weighted by Crippen LogP contribution is -2.24. The van der Waals surface area contributed by atoms with Gasteiger partial charge in [0, 0.05) is 25.0 Å². The molecular weight excluding hydrogens is 205 g/mol. The Hall–Kier alpha value is -1.10. The van der Waals surface area contributed by atoms with Gasteiger partial charge in [-0.05, 0) is 18.6 Å². The molecule has 0 aromatic carbocycles. The van der Waals surface area contributed by atoms with E-state index < -0.39 is 12.6 Å². The second kappa shape index (κ2) is 5.11. The lowest BCUT2D eigenvalue weighted by atomic mass is 10.1. The van der Waals surface area contributed by atoms with Crippen molar-refractivity contribution in [2.45, 2.75) is 25.6 Å². The summed E-state index contributed by atoms with van der Waals surface area (Å²) in [5.74, 6) is 0. The first-order valence-electron chi connectivity index (χ1n) is 4.69. The van der Waals surface area contributed by atoms with Gasteiger partial charge in [0.05, 0.1) is 6.42 Å². The van der Waals surface area contributed by atoms with Crippen LogP contribution in [0.15, 0.2) is 24.5 Å². The van der Waals surface area contributed by atoms with E-state index in [9.17, 15) is 13.2 Å². The van der Waals surface area contributed by atoms with Crippen LogP contribution >= 0.6 is 0 Å². The van der Waals surface area contributed by atoms with Crippen LogP contribution < -0.4 is 5.32 Å². The number of pyridine rings is 1. The van der Waals surface area contributed by atoms with E-state index in [0.717, 1.165) is 5.56 Å². The molecular formula is C10H13F3N2. The van der Waals surface area contributed by atoms with E-state index in [1.165, 1.54) is 0 Å². The number of nitrogens with zero attached hydrogens (tertiary/aromatic N) is 1. The molecule has 0 aliphatic carbocycles. The van der Waals surface area contributed by atoms with Crippen LogP contribution in [-0.4, -0.2) is 17.7 Å². The third kappa shape index (κ3) is 4.78. The topological polar surface area (TPSA) is 24.9 Å². The zero-order chi connectivity index (χ0) is 11.3. The van der Waals surface area contributed by atoms with Crippen LogP contribution in [0, 0.1) is 0 Å². The predicted octanol–water partition coefficient (Wildman–Crippen LogP) is 2.68. The predicted molar refractivity (Wildman–Crippen MR) is 51.3 cm³/mol. The van der Waals surface area contributed by atoms with Crippen LogP contribution in [0.25, 0.3) is 0 Å². The van der Waals surface area contributed by atoms with E-state index in [2.05, 4.69) is 10.3 Å². The maximum absolute atomic E-state index is 11.9. The first kappa shape index (κ1) is 12.0. The molecule has 2 nitrogen and oxygen atoms in total. The number of halogens is 3. The quantitative estimate of drug-likeness (QED) is 0.840. The molecule has 0 aliphatic rings. The molecule has 1 heterocycles. The summed E-state index contributed by atoms with van der Waals surface area (Å²) in [6, 6.07) is 3.48. The van der Waals surface area contributed by atoms with Gasteiger partial charge >= 0.3 is 6.18 Å². The lowest BCUT2D eigenvalue weighted by molar-refractivity contribution is -0.133. The molecule has 0 aliphatic heterocycles. The number of alkyl halides is 3. The van der Waals surface area contributed by atoms with Crippen molar-refractivity contribution < 1.29 is 13.2 Å². The number of nitrogens with one attached hydrogen (secondary N) is 1. The maximum atomic E-state index is 11.9. The van der Waals surface area contributed by atoms with Crippen molar-refractivity contribution in [2.24, 2.45) is 0 Å². The molecule has 0 radical (unpaired) electrons. The van der Waals surface area contributed by atoms with Crippen LogP contribution in [-0.2, 0) is 0 Å². The third-order valence-electron chi connectivity index (χ3n) is 2.04. The van der Waals surface area contributed by atoms with Gasteiger partial charge in [-0.3, -0.25) is 4.98 Å². The van der Waals surface area contributed by atoms with Gasteiger partial charge in [-0.2, -0.15) is 13.2 Å². The van der Waals surface area contributed by atoms with Gasteiger partial charge in [-0.15, -0.1) is 0 Å². The summed E-state index contributed by atoms with van der Waals surface area (Å²) in [6.45, 7) is 1.74. The largest absolute Gasteiger partial charge is 0.390 e. The summed E-state index contributed by atoms with van der Waals surface area (Å²) in [5, 5.41) is 2.80. The SMILES string of the molecule is CC(NCCC(F)(F)F)c1cccnc1. The standard InChI is InChI=1S/C10H13F3N2/c1-8(9-3-2-5-14-7-9)15-6-4-10(11,12)13/h2-3,5,7-8,15H,4,6H2,1H3. The van der Waals surface area contributed by atoms with Gasteiger partial charge in [0.15, 0.2) is 0 Å². The van der Waals surface area contributed by atoms with Crippen molar-refractivity contribution in [2.75, 3.05) is 6.54 Å². The minimum atomic E-state index is -4.10. The Bertz CT molecular complexity index is 284. The molecule has 0 fully saturated rings. The number of hydrogen-bond acceptors (Lipinski definition) is 2.